The fourth-order valence-corrected chi connectivity index (χ4v) is 0.747. The summed E-state index contributed by atoms with van der Waals surface area (Å²) in [6, 6.07) is 3.12. The van der Waals surface area contributed by atoms with Gasteiger partial charge >= 0.3 is 5.97 Å². The summed E-state index contributed by atoms with van der Waals surface area (Å²) in [7, 11) is 0. The first-order valence-corrected chi connectivity index (χ1v) is 3.68. The molecule has 0 N–H and O–H groups in total. The third kappa shape index (κ3) is 2.24. The van der Waals surface area contributed by atoms with Gasteiger partial charge < -0.3 is 4.74 Å². The van der Waals surface area contributed by atoms with Crippen molar-refractivity contribution in [2.75, 3.05) is 6.61 Å². The van der Waals surface area contributed by atoms with Gasteiger partial charge in [-0.05, 0) is 13.0 Å². The highest BCUT2D eigenvalue weighted by Gasteiger charge is 2.07. The summed E-state index contributed by atoms with van der Waals surface area (Å²) in [5.74, 6) is -0.492. The van der Waals surface area contributed by atoms with Gasteiger partial charge in [-0.1, -0.05) is 0 Å². The van der Waals surface area contributed by atoms with Crippen LogP contribution in [0.25, 0.3) is 0 Å². The monoisotopic (exact) mass is 177 g/mol. The summed E-state index contributed by atoms with van der Waals surface area (Å²) in [5.41, 5.74) is 0.346. The Kier molecular flexibility index (Phi) is 2.92. The molecule has 0 aromatic carbocycles. The molecule has 0 fully saturated rings. The smallest absolute Gasteiger partial charge is 0.339 e. The third-order valence-corrected chi connectivity index (χ3v) is 1.28. The second kappa shape index (κ2) is 4.16. The SMILES string of the molecule is CCOC(=O)c1cnnc(C#N)c1. The van der Waals surface area contributed by atoms with Crippen LogP contribution in [0.2, 0.25) is 0 Å². The summed E-state index contributed by atoms with van der Waals surface area (Å²) in [6.45, 7) is 2.00. The molecule has 1 aromatic heterocycles. The van der Waals surface area contributed by atoms with Gasteiger partial charge in [-0.2, -0.15) is 10.4 Å². The molecule has 1 rings (SSSR count). The quantitative estimate of drug-likeness (QED) is 0.615. The molecule has 5 heteroatoms. The minimum atomic E-state index is -0.492. The lowest BCUT2D eigenvalue weighted by molar-refractivity contribution is 0.0525. The van der Waals surface area contributed by atoms with Crippen molar-refractivity contribution >= 4 is 5.97 Å². The number of carbonyl (C=O) groups is 1. The summed E-state index contributed by atoms with van der Waals surface area (Å²) in [6.07, 6.45) is 1.26. The Morgan fingerprint density at radius 1 is 1.77 bits per heavy atom. The Bertz CT molecular complexity index is 357. The number of nitrogens with zero attached hydrogens (tertiary/aromatic N) is 3. The summed E-state index contributed by atoms with van der Waals surface area (Å²) in [4.78, 5) is 11.1. The number of nitriles is 1. The normalized spacial score (nSPS) is 8.92. The van der Waals surface area contributed by atoms with Crippen LogP contribution in [0.1, 0.15) is 23.0 Å². The van der Waals surface area contributed by atoms with Crippen molar-refractivity contribution in [3.8, 4) is 6.07 Å². The Morgan fingerprint density at radius 2 is 2.54 bits per heavy atom. The van der Waals surface area contributed by atoms with E-state index in [2.05, 4.69) is 10.2 Å². The molecule has 0 saturated heterocycles. The molecule has 0 bridgehead atoms. The first-order chi connectivity index (χ1) is 6.27. The van der Waals surface area contributed by atoms with Crippen LogP contribution in [0.5, 0.6) is 0 Å². The van der Waals surface area contributed by atoms with Crippen molar-refractivity contribution in [3.63, 3.8) is 0 Å². The van der Waals surface area contributed by atoms with E-state index in [4.69, 9.17) is 10.00 Å². The van der Waals surface area contributed by atoms with Gasteiger partial charge in [0.05, 0.1) is 18.4 Å². The zero-order valence-electron chi connectivity index (χ0n) is 7.02. The second-order valence-corrected chi connectivity index (χ2v) is 2.16. The number of rotatable bonds is 2. The number of esters is 1. The zero-order chi connectivity index (χ0) is 9.68. The Balaban J connectivity index is 2.90. The molecule has 1 heterocycles. The first kappa shape index (κ1) is 9.13. The molecule has 13 heavy (non-hydrogen) atoms. The average molecular weight is 177 g/mol. The van der Waals surface area contributed by atoms with E-state index in [1.807, 2.05) is 0 Å². The highest BCUT2D eigenvalue weighted by molar-refractivity contribution is 5.89. The van der Waals surface area contributed by atoms with Gasteiger partial charge in [0.15, 0.2) is 5.69 Å². The molecule has 0 unspecified atom stereocenters. The predicted octanol–water partition coefficient (Wildman–Crippen LogP) is 0.525. The molecule has 0 aliphatic heterocycles. The van der Waals surface area contributed by atoms with Crippen LogP contribution < -0.4 is 0 Å². The summed E-state index contributed by atoms with van der Waals surface area (Å²) >= 11 is 0. The molecule has 0 aliphatic rings. The molecule has 0 saturated carbocycles. The van der Waals surface area contributed by atoms with Crippen molar-refractivity contribution in [3.05, 3.63) is 23.5 Å². The summed E-state index contributed by atoms with van der Waals surface area (Å²) < 4.78 is 4.71. The third-order valence-electron chi connectivity index (χ3n) is 1.28. The number of ether oxygens (including phenoxy) is 1. The van der Waals surface area contributed by atoms with Gasteiger partial charge in [0, 0.05) is 0 Å². The lowest BCUT2D eigenvalue weighted by atomic mass is 10.3. The minimum absolute atomic E-state index is 0.102. The van der Waals surface area contributed by atoms with E-state index in [1.165, 1.54) is 12.3 Å². The van der Waals surface area contributed by atoms with Crippen LogP contribution in [0.3, 0.4) is 0 Å². The Hall–Kier alpha value is -1.96. The van der Waals surface area contributed by atoms with Gasteiger partial charge in [-0.15, -0.1) is 5.10 Å². The lowest BCUT2D eigenvalue weighted by Crippen LogP contribution is -2.06. The summed E-state index contributed by atoms with van der Waals surface area (Å²) in [5, 5.41) is 15.4. The van der Waals surface area contributed by atoms with Crippen LogP contribution in [0, 0.1) is 11.3 Å². The van der Waals surface area contributed by atoms with Crippen LogP contribution >= 0.6 is 0 Å². The molecular weight excluding hydrogens is 170 g/mol. The van der Waals surface area contributed by atoms with Crippen molar-refractivity contribution in [2.45, 2.75) is 6.92 Å². The van der Waals surface area contributed by atoms with E-state index < -0.39 is 5.97 Å². The minimum Gasteiger partial charge on any atom is -0.462 e. The number of hydrogen-bond donors (Lipinski definition) is 0. The molecule has 1 aromatic rings. The lowest BCUT2D eigenvalue weighted by Gasteiger charge is -1.99. The maximum absolute atomic E-state index is 11.1. The van der Waals surface area contributed by atoms with Crippen molar-refractivity contribution in [1.29, 1.82) is 5.26 Å². The van der Waals surface area contributed by atoms with Crippen LogP contribution in [0.15, 0.2) is 12.3 Å². The standard InChI is InChI=1S/C8H7N3O2/c1-2-13-8(12)6-3-7(4-9)11-10-5-6/h3,5H,2H2,1H3. The molecule has 0 amide bonds. The largest absolute Gasteiger partial charge is 0.462 e. The van der Waals surface area contributed by atoms with Crippen LogP contribution in [-0.4, -0.2) is 22.8 Å². The Labute approximate surface area is 75.0 Å². The molecule has 66 valence electrons. The molecular formula is C8H7N3O2. The van der Waals surface area contributed by atoms with E-state index in [1.54, 1.807) is 13.0 Å². The van der Waals surface area contributed by atoms with Crippen LogP contribution in [0.4, 0.5) is 0 Å². The Morgan fingerprint density at radius 3 is 3.15 bits per heavy atom. The van der Waals surface area contributed by atoms with Gasteiger partial charge in [0.25, 0.3) is 0 Å². The molecule has 0 aliphatic carbocycles. The van der Waals surface area contributed by atoms with E-state index in [0.29, 0.717) is 6.61 Å². The van der Waals surface area contributed by atoms with Crippen LogP contribution in [-0.2, 0) is 4.74 Å². The zero-order valence-corrected chi connectivity index (χ0v) is 7.02. The number of aromatic nitrogens is 2. The van der Waals surface area contributed by atoms with Gasteiger partial charge in [-0.3, -0.25) is 0 Å². The first-order valence-electron chi connectivity index (χ1n) is 3.68. The number of hydrogen-bond acceptors (Lipinski definition) is 5. The highest BCUT2D eigenvalue weighted by atomic mass is 16.5. The fraction of sp³-hybridized carbons (Fsp3) is 0.250. The maximum atomic E-state index is 11.1. The number of carbonyl (C=O) groups excluding carboxylic acids is 1. The molecule has 5 nitrogen and oxygen atoms in total. The maximum Gasteiger partial charge on any atom is 0.339 e. The topological polar surface area (TPSA) is 75.9 Å². The fourth-order valence-electron chi connectivity index (χ4n) is 0.747. The van der Waals surface area contributed by atoms with E-state index in [-0.39, 0.29) is 11.3 Å². The van der Waals surface area contributed by atoms with Gasteiger partial charge in [-0.25, -0.2) is 4.79 Å². The average Bonchev–Trinajstić information content (AvgIpc) is 2.18. The van der Waals surface area contributed by atoms with E-state index in [0.717, 1.165) is 0 Å². The van der Waals surface area contributed by atoms with Gasteiger partial charge in [0.1, 0.15) is 6.07 Å². The van der Waals surface area contributed by atoms with Crippen molar-refractivity contribution < 1.29 is 9.53 Å². The molecule has 0 spiro atoms. The van der Waals surface area contributed by atoms with Crippen molar-refractivity contribution in [1.82, 2.24) is 10.2 Å². The highest BCUT2D eigenvalue weighted by Crippen LogP contribution is 2.00. The molecule has 0 atom stereocenters. The van der Waals surface area contributed by atoms with E-state index in [9.17, 15) is 4.79 Å². The predicted molar refractivity (Wildman–Crippen MR) is 42.7 cm³/mol. The van der Waals surface area contributed by atoms with Crippen molar-refractivity contribution in [2.24, 2.45) is 0 Å². The van der Waals surface area contributed by atoms with E-state index >= 15 is 0 Å². The second-order valence-electron chi connectivity index (χ2n) is 2.16. The molecule has 0 radical (unpaired) electrons. The van der Waals surface area contributed by atoms with Gasteiger partial charge in [0.2, 0.25) is 0 Å².